The summed E-state index contributed by atoms with van der Waals surface area (Å²) in [6.07, 6.45) is 4.54. The van der Waals surface area contributed by atoms with Crippen LogP contribution < -0.4 is 0 Å². The molecule has 128 valence electrons. The van der Waals surface area contributed by atoms with Gasteiger partial charge in [-0.3, -0.25) is 9.69 Å². The number of aromatic amines is 1. The van der Waals surface area contributed by atoms with Gasteiger partial charge in [-0.25, -0.2) is 4.98 Å². The van der Waals surface area contributed by atoms with E-state index in [2.05, 4.69) is 14.9 Å². The SMILES string of the molecule is CO[C@@H]1CC(c2ncc[nH]2)N(CC(=O)N(C)Cc2ccccc2)C1. The van der Waals surface area contributed by atoms with Crippen molar-refractivity contribution < 1.29 is 9.53 Å². The highest BCUT2D eigenvalue weighted by Gasteiger charge is 2.36. The van der Waals surface area contributed by atoms with Gasteiger partial charge < -0.3 is 14.6 Å². The Bertz CT molecular complexity index is 644. The van der Waals surface area contributed by atoms with Crippen molar-refractivity contribution >= 4 is 5.91 Å². The third-order valence-electron chi connectivity index (χ3n) is 4.56. The first-order valence-electron chi connectivity index (χ1n) is 8.21. The third-order valence-corrected chi connectivity index (χ3v) is 4.56. The number of nitrogens with zero attached hydrogens (tertiary/aromatic N) is 3. The Morgan fingerprint density at radius 2 is 2.21 bits per heavy atom. The minimum absolute atomic E-state index is 0.0963. The van der Waals surface area contributed by atoms with Crippen molar-refractivity contribution in [3.8, 4) is 0 Å². The summed E-state index contributed by atoms with van der Waals surface area (Å²) in [4.78, 5) is 24.1. The first-order chi connectivity index (χ1) is 11.7. The summed E-state index contributed by atoms with van der Waals surface area (Å²) >= 11 is 0. The molecular formula is C18H24N4O2. The number of rotatable bonds is 6. The summed E-state index contributed by atoms with van der Waals surface area (Å²) in [6, 6.07) is 10.1. The zero-order valence-corrected chi connectivity index (χ0v) is 14.2. The largest absolute Gasteiger partial charge is 0.380 e. The minimum atomic E-state index is 0.0963. The number of imidazole rings is 1. The number of aromatic nitrogens is 2. The molecule has 0 saturated carbocycles. The Labute approximate surface area is 142 Å². The maximum absolute atomic E-state index is 12.6. The van der Waals surface area contributed by atoms with Crippen LogP contribution in [0, 0.1) is 0 Å². The van der Waals surface area contributed by atoms with Crippen LogP contribution in [0.2, 0.25) is 0 Å². The second kappa shape index (κ2) is 7.59. The number of likely N-dealkylation sites (N-methyl/N-ethyl adjacent to an activating group) is 1. The number of hydrogen-bond donors (Lipinski definition) is 1. The van der Waals surface area contributed by atoms with Gasteiger partial charge in [0.25, 0.3) is 0 Å². The standard InChI is InChI=1S/C18H24N4O2/c1-21(11-14-6-4-3-5-7-14)17(23)13-22-12-15(24-2)10-16(22)18-19-8-9-20-18/h3-9,15-16H,10-13H2,1-2H3,(H,19,20)/t15-,16?/m1/s1. The molecule has 3 rings (SSSR count). The lowest BCUT2D eigenvalue weighted by Gasteiger charge is -2.25. The number of nitrogens with one attached hydrogen (secondary N) is 1. The monoisotopic (exact) mass is 328 g/mol. The summed E-state index contributed by atoms with van der Waals surface area (Å²) in [5, 5.41) is 0. The van der Waals surface area contributed by atoms with Crippen molar-refractivity contribution in [3.05, 3.63) is 54.1 Å². The fourth-order valence-electron chi connectivity index (χ4n) is 3.19. The van der Waals surface area contributed by atoms with Crippen LogP contribution in [-0.4, -0.2) is 59.0 Å². The molecule has 6 nitrogen and oxygen atoms in total. The molecular weight excluding hydrogens is 304 g/mol. The van der Waals surface area contributed by atoms with E-state index in [1.807, 2.05) is 43.6 Å². The number of amides is 1. The van der Waals surface area contributed by atoms with Crippen LogP contribution in [0.3, 0.4) is 0 Å². The average molecular weight is 328 g/mol. The first-order valence-corrected chi connectivity index (χ1v) is 8.21. The van der Waals surface area contributed by atoms with Gasteiger partial charge in [0.05, 0.1) is 18.7 Å². The van der Waals surface area contributed by atoms with Gasteiger partial charge in [-0.15, -0.1) is 0 Å². The molecule has 1 fully saturated rings. The molecule has 1 N–H and O–H groups in total. The lowest BCUT2D eigenvalue weighted by molar-refractivity contribution is -0.132. The number of hydrogen-bond acceptors (Lipinski definition) is 4. The predicted octanol–water partition coefficient (Wildman–Crippen LogP) is 1.83. The maximum atomic E-state index is 12.6. The zero-order valence-electron chi connectivity index (χ0n) is 14.2. The highest BCUT2D eigenvalue weighted by atomic mass is 16.5. The molecule has 0 aliphatic carbocycles. The second-order valence-corrected chi connectivity index (χ2v) is 6.25. The Kier molecular flexibility index (Phi) is 5.27. The van der Waals surface area contributed by atoms with E-state index in [1.165, 1.54) is 0 Å². The lowest BCUT2D eigenvalue weighted by Crippen LogP contribution is -2.38. The third kappa shape index (κ3) is 3.83. The van der Waals surface area contributed by atoms with Crippen LogP contribution >= 0.6 is 0 Å². The quantitative estimate of drug-likeness (QED) is 0.879. The van der Waals surface area contributed by atoms with Crippen LogP contribution in [0.15, 0.2) is 42.7 Å². The molecule has 1 aromatic heterocycles. The van der Waals surface area contributed by atoms with Gasteiger partial charge in [0.2, 0.25) is 5.91 Å². The Morgan fingerprint density at radius 1 is 1.42 bits per heavy atom. The smallest absolute Gasteiger partial charge is 0.236 e. The molecule has 1 saturated heterocycles. The fourth-order valence-corrected chi connectivity index (χ4v) is 3.19. The van der Waals surface area contributed by atoms with Crippen molar-refractivity contribution in [1.82, 2.24) is 19.8 Å². The van der Waals surface area contributed by atoms with Gasteiger partial charge >= 0.3 is 0 Å². The van der Waals surface area contributed by atoms with E-state index in [-0.39, 0.29) is 18.1 Å². The average Bonchev–Trinajstić information content (AvgIpc) is 3.24. The van der Waals surface area contributed by atoms with Crippen molar-refractivity contribution in [2.24, 2.45) is 0 Å². The molecule has 1 aromatic carbocycles. The number of carbonyl (C=O) groups is 1. The van der Waals surface area contributed by atoms with Crippen molar-refractivity contribution in [1.29, 1.82) is 0 Å². The van der Waals surface area contributed by atoms with Gasteiger partial charge in [0, 0.05) is 39.6 Å². The summed E-state index contributed by atoms with van der Waals surface area (Å²) in [7, 11) is 3.57. The molecule has 1 aliphatic heterocycles. The highest BCUT2D eigenvalue weighted by molar-refractivity contribution is 5.78. The molecule has 6 heteroatoms. The number of ether oxygens (including phenoxy) is 1. The second-order valence-electron chi connectivity index (χ2n) is 6.25. The highest BCUT2D eigenvalue weighted by Crippen LogP contribution is 2.31. The number of methoxy groups -OCH3 is 1. The number of benzene rings is 1. The van der Waals surface area contributed by atoms with E-state index in [9.17, 15) is 4.79 Å². The maximum Gasteiger partial charge on any atom is 0.236 e. The van der Waals surface area contributed by atoms with Gasteiger partial charge in [-0.2, -0.15) is 0 Å². The van der Waals surface area contributed by atoms with E-state index in [0.29, 0.717) is 13.1 Å². The molecule has 1 aliphatic rings. The molecule has 1 unspecified atom stereocenters. The summed E-state index contributed by atoms with van der Waals surface area (Å²) in [6.45, 7) is 1.73. The van der Waals surface area contributed by atoms with Crippen LogP contribution in [-0.2, 0) is 16.1 Å². The Hall–Kier alpha value is -2.18. The zero-order chi connectivity index (χ0) is 16.9. The van der Waals surface area contributed by atoms with Crippen molar-refractivity contribution in [2.75, 3.05) is 27.2 Å². The van der Waals surface area contributed by atoms with Gasteiger partial charge in [0.1, 0.15) is 5.82 Å². The van der Waals surface area contributed by atoms with Crippen molar-refractivity contribution in [3.63, 3.8) is 0 Å². The van der Waals surface area contributed by atoms with E-state index in [4.69, 9.17) is 4.74 Å². The lowest BCUT2D eigenvalue weighted by atomic mass is 10.2. The van der Waals surface area contributed by atoms with E-state index >= 15 is 0 Å². The van der Waals surface area contributed by atoms with Gasteiger partial charge in [0.15, 0.2) is 0 Å². The number of carbonyl (C=O) groups excluding carboxylic acids is 1. The summed E-state index contributed by atoms with van der Waals surface area (Å²) in [5.41, 5.74) is 1.13. The molecule has 0 spiro atoms. The topological polar surface area (TPSA) is 61.5 Å². The number of likely N-dealkylation sites (tertiary alicyclic amines) is 1. The molecule has 1 amide bonds. The Balaban J connectivity index is 1.63. The van der Waals surface area contributed by atoms with Crippen molar-refractivity contribution in [2.45, 2.75) is 25.1 Å². The fraction of sp³-hybridized carbons (Fsp3) is 0.444. The molecule has 2 aromatic rings. The van der Waals surface area contributed by atoms with Crippen LogP contribution in [0.4, 0.5) is 0 Å². The molecule has 0 radical (unpaired) electrons. The summed E-state index contributed by atoms with van der Waals surface area (Å²) < 4.78 is 5.50. The molecule has 0 bridgehead atoms. The predicted molar refractivity (Wildman–Crippen MR) is 91.2 cm³/mol. The molecule has 24 heavy (non-hydrogen) atoms. The Morgan fingerprint density at radius 3 is 2.88 bits per heavy atom. The normalized spacial score (nSPS) is 21.1. The van der Waals surface area contributed by atoms with Gasteiger partial charge in [-0.05, 0) is 12.0 Å². The molecule has 2 heterocycles. The molecule has 2 atom stereocenters. The minimum Gasteiger partial charge on any atom is -0.380 e. The van der Waals surface area contributed by atoms with Crippen LogP contribution in [0.1, 0.15) is 23.9 Å². The number of H-pyrrole nitrogens is 1. The van der Waals surface area contributed by atoms with Gasteiger partial charge in [-0.1, -0.05) is 30.3 Å². The van der Waals surface area contributed by atoms with E-state index in [0.717, 1.165) is 24.4 Å². The van der Waals surface area contributed by atoms with Crippen LogP contribution in [0.25, 0.3) is 0 Å². The van der Waals surface area contributed by atoms with E-state index in [1.54, 1.807) is 18.2 Å². The first kappa shape index (κ1) is 16.7. The van der Waals surface area contributed by atoms with Crippen LogP contribution in [0.5, 0.6) is 0 Å². The van der Waals surface area contributed by atoms with E-state index < -0.39 is 0 Å². The summed E-state index contributed by atoms with van der Waals surface area (Å²) in [5.74, 6) is 1.00.